The first-order valence-corrected chi connectivity index (χ1v) is 5.52. The fourth-order valence-corrected chi connectivity index (χ4v) is 1.60. The second kappa shape index (κ2) is 5.44. The van der Waals surface area contributed by atoms with Crippen molar-refractivity contribution in [3.8, 4) is 0 Å². The van der Waals surface area contributed by atoms with Crippen molar-refractivity contribution in [2.45, 2.75) is 6.42 Å². The van der Waals surface area contributed by atoms with Gasteiger partial charge in [-0.3, -0.25) is 4.79 Å². The molecule has 0 fully saturated rings. The molecule has 0 saturated carbocycles. The van der Waals surface area contributed by atoms with E-state index in [0.717, 1.165) is 6.07 Å². The standard InChI is InChI=1S/C13H12F2N2O/c14-10-4-3-9(11(15)8-10)5-7-17-13(18)12-2-1-6-16-12/h1-4,6,8,16H,5,7H2,(H,17,18). The average Bonchev–Trinajstić information content (AvgIpc) is 2.85. The van der Waals surface area contributed by atoms with E-state index < -0.39 is 11.6 Å². The summed E-state index contributed by atoms with van der Waals surface area (Å²) < 4.78 is 26.0. The van der Waals surface area contributed by atoms with Gasteiger partial charge < -0.3 is 10.3 Å². The molecule has 1 amide bonds. The zero-order valence-electron chi connectivity index (χ0n) is 9.54. The molecule has 94 valence electrons. The SMILES string of the molecule is O=C(NCCc1ccc(F)cc1F)c1ccc[nH]1. The van der Waals surface area contributed by atoms with Crippen molar-refractivity contribution in [1.82, 2.24) is 10.3 Å². The summed E-state index contributed by atoms with van der Waals surface area (Å²) in [5.74, 6) is -1.45. The van der Waals surface area contributed by atoms with Crippen LogP contribution in [-0.2, 0) is 6.42 Å². The number of hydrogen-bond donors (Lipinski definition) is 2. The molecule has 18 heavy (non-hydrogen) atoms. The lowest BCUT2D eigenvalue weighted by Crippen LogP contribution is -2.26. The summed E-state index contributed by atoms with van der Waals surface area (Å²) in [5, 5.41) is 2.64. The molecule has 1 aromatic carbocycles. The maximum atomic E-state index is 13.3. The van der Waals surface area contributed by atoms with E-state index in [1.807, 2.05) is 0 Å². The molecule has 1 heterocycles. The van der Waals surface area contributed by atoms with Crippen LogP contribution in [0, 0.1) is 11.6 Å². The first-order chi connectivity index (χ1) is 8.66. The second-order valence-corrected chi connectivity index (χ2v) is 3.83. The predicted molar refractivity (Wildman–Crippen MR) is 63.2 cm³/mol. The van der Waals surface area contributed by atoms with E-state index in [0.29, 0.717) is 24.2 Å². The van der Waals surface area contributed by atoms with Gasteiger partial charge in [-0.15, -0.1) is 0 Å². The van der Waals surface area contributed by atoms with Crippen LogP contribution in [0.2, 0.25) is 0 Å². The van der Waals surface area contributed by atoms with Crippen LogP contribution < -0.4 is 5.32 Å². The fourth-order valence-electron chi connectivity index (χ4n) is 1.60. The number of hydrogen-bond acceptors (Lipinski definition) is 1. The Morgan fingerprint density at radius 1 is 1.28 bits per heavy atom. The zero-order valence-corrected chi connectivity index (χ0v) is 9.54. The van der Waals surface area contributed by atoms with Crippen LogP contribution in [0.15, 0.2) is 36.5 Å². The summed E-state index contributed by atoms with van der Waals surface area (Å²) in [7, 11) is 0. The van der Waals surface area contributed by atoms with Crippen LogP contribution in [0.25, 0.3) is 0 Å². The molecule has 0 spiro atoms. The summed E-state index contributed by atoms with van der Waals surface area (Å²) in [5.41, 5.74) is 0.831. The third-order valence-electron chi connectivity index (χ3n) is 2.54. The van der Waals surface area contributed by atoms with Gasteiger partial charge in [-0.05, 0) is 30.2 Å². The van der Waals surface area contributed by atoms with E-state index in [2.05, 4.69) is 10.3 Å². The molecule has 0 atom stereocenters. The highest BCUT2D eigenvalue weighted by Crippen LogP contribution is 2.09. The first kappa shape index (κ1) is 12.3. The third kappa shape index (κ3) is 2.94. The van der Waals surface area contributed by atoms with Gasteiger partial charge in [-0.25, -0.2) is 8.78 Å². The van der Waals surface area contributed by atoms with Gasteiger partial charge in [-0.1, -0.05) is 6.07 Å². The van der Waals surface area contributed by atoms with Gasteiger partial charge >= 0.3 is 0 Å². The van der Waals surface area contributed by atoms with Gasteiger partial charge in [0.1, 0.15) is 17.3 Å². The number of H-pyrrole nitrogens is 1. The van der Waals surface area contributed by atoms with Crippen LogP contribution in [0.4, 0.5) is 8.78 Å². The van der Waals surface area contributed by atoms with Crippen molar-refractivity contribution in [1.29, 1.82) is 0 Å². The molecule has 0 aliphatic carbocycles. The van der Waals surface area contributed by atoms with E-state index in [-0.39, 0.29) is 5.91 Å². The van der Waals surface area contributed by atoms with Crippen LogP contribution >= 0.6 is 0 Å². The Labute approximate surface area is 103 Å². The Hall–Kier alpha value is -2.17. The Balaban J connectivity index is 1.87. The number of amides is 1. The van der Waals surface area contributed by atoms with Crippen LogP contribution in [0.3, 0.4) is 0 Å². The molecule has 0 aliphatic rings. The second-order valence-electron chi connectivity index (χ2n) is 3.83. The van der Waals surface area contributed by atoms with Crippen molar-refractivity contribution in [2.24, 2.45) is 0 Å². The summed E-state index contributed by atoms with van der Waals surface area (Å²) >= 11 is 0. The molecular weight excluding hydrogens is 238 g/mol. The molecule has 2 aromatic rings. The summed E-state index contributed by atoms with van der Waals surface area (Å²) in [6.07, 6.45) is 1.97. The number of aromatic nitrogens is 1. The monoisotopic (exact) mass is 250 g/mol. The van der Waals surface area contributed by atoms with Crippen LogP contribution in [0.1, 0.15) is 16.1 Å². The molecular formula is C13H12F2N2O. The van der Waals surface area contributed by atoms with E-state index >= 15 is 0 Å². The molecule has 3 nitrogen and oxygen atoms in total. The predicted octanol–water partition coefficient (Wildman–Crippen LogP) is 2.27. The normalized spacial score (nSPS) is 10.3. The largest absolute Gasteiger partial charge is 0.357 e. The highest BCUT2D eigenvalue weighted by molar-refractivity contribution is 5.92. The van der Waals surface area contributed by atoms with Crippen molar-refractivity contribution < 1.29 is 13.6 Å². The van der Waals surface area contributed by atoms with Crippen molar-refractivity contribution in [3.05, 3.63) is 59.4 Å². The number of aromatic amines is 1. The maximum Gasteiger partial charge on any atom is 0.267 e. The highest BCUT2D eigenvalue weighted by atomic mass is 19.1. The molecule has 0 aliphatic heterocycles. The van der Waals surface area contributed by atoms with Crippen LogP contribution in [-0.4, -0.2) is 17.4 Å². The fraction of sp³-hybridized carbons (Fsp3) is 0.154. The summed E-state index contributed by atoms with van der Waals surface area (Å²) in [6.45, 7) is 0.292. The number of nitrogens with one attached hydrogen (secondary N) is 2. The summed E-state index contributed by atoms with van der Waals surface area (Å²) in [6, 6.07) is 6.78. The molecule has 5 heteroatoms. The lowest BCUT2D eigenvalue weighted by Gasteiger charge is -2.05. The quantitative estimate of drug-likeness (QED) is 0.859. The van der Waals surface area contributed by atoms with Gasteiger partial charge in [0.2, 0.25) is 0 Å². The Kier molecular flexibility index (Phi) is 3.72. The van der Waals surface area contributed by atoms with Gasteiger partial charge in [0.15, 0.2) is 0 Å². The number of carbonyl (C=O) groups is 1. The minimum atomic E-state index is -0.605. The Morgan fingerprint density at radius 3 is 2.78 bits per heavy atom. The van der Waals surface area contributed by atoms with E-state index in [1.54, 1.807) is 18.3 Å². The van der Waals surface area contributed by atoms with E-state index in [9.17, 15) is 13.6 Å². The molecule has 0 saturated heterocycles. The van der Waals surface area contributed by atoms with Crippen molar-refractivity contribution in [2.75, 3.05) is 6.54 Å². The van der Waals surface area contributed by atoms with E-state index in [4.69, 9.17) is 0 Å². The van der Waals surface area contributed by atoms with Gasteiger partial charge in [0, 0.05) is 18.8 Å². The first-order valence-electron chi connectivity index (χ1n) is 5.52. The third-order valence-corrected chi connectivity index (χ3v) is 2.54. The number of halogens is 2. The maximum absolute atomic E-state index is 13.3. The number of carbonyl (C=O) groups excluding carboxylic acids is 1. The van der Waals surface area contributed by atoms with Gasteiger partial charge in [0.05, 0.1) is 0 Å². The minimum absolute atomic E-state index is 0.248. The molecule has 0 radical (unpaired) electrons. The summed E-state index contributed by atoms with van der Waals surface area (Å²) in [4.78, 5) is 14.3. The van der Waals surface area contributed by atoms with Gasteiger partial charge in [-0.2, -0.15) is 0 Å². The smallest absolute Gasteiger partial charge is 0.267 e. The minimum Gasteiger partial charge on any atom is -0.357 e. The number of rotatable bonds is 4. The number of benzene rings is 1. The lowest BCUT2D eigenvalue weighted by atomic mass is 10.1. The molecule has 0 unspecified atom stereocenters. The molecule has 2 rings (SSSR count). The van der Waals surface area contributed by atoms with Gasteiger partial charge in [0.25, 0.3) is 5.91 Å². The van der Waals surface area contributed by atoms with Crippen molar-refractivity contribution in [3.63, 3.8) is 0 Å². The average molecular weight is 250 g/mol. The van der Waals surface area contributed by atoms with Crippen molar-refractivity contribution >= 4 is 5.91 Å². The molecule has 0 bridgehead atoms. The highest BCUT2D eigenvalue weighted by Gasteiger charge is 2.07. The topological polar surface area (TPSA) is 44.9 Å². The zero-order chi connectivity index (χ0) is 13.0. The Morgan fingerprint density at radius 2 is 2.11 bits per heavy atom. The van der Waals surface area contributed by atoms with E-state index in [1.165, 1.54) is 12.1 Å². The molecule has 1 aromatic heterocycles. The molecule has 2 N–H and O–H groups in total. The lowest BCUT2D eigenvalue weighted by molar-refractivity contribution is 0.0949. The Bertz CT molecular complexity index is 538. The van der Waals surface area contributed by atoms with Crippen LogP contribution in [0.5, 0.6) is 0 Å².